The lowest BCUT2D eigenvalue weighted by Crippen LogP contribution is -2.38. The van der Waals surface area contributed by atoms with Gasteiger partial charge < -0.3 is 20.1 Å². The van der Waals surface area contributed by atoms with Crippen LogP contribution < -0.4 is 15.4 Å². The van der Waals surface area contributed by atoms with Gasteiger partial charge in [0.1, 0.15) is 5.75 Å². The van der Waals surface area contributed by atoms with Crippen LogP contribution in [0.5, 0.6) is 5.75 Å². The number of methoxy groups -OCH3 is 2. The van der Waals surface area contributed by atoms with E-state index >= 15 is 0 Å². The summed E-state index contributed by atoms with van der Waals surface area (Å²) >= 11 is 0. The van der Waals surface area contributed by atoms with Gasteiger partial charge in [0, 0.05) is 32.4 Å². The molecule has 0 aromatic heterocycles. The molecule has 0 radical (unpaired) electrons. The van der Waals surface area contributed by atoms with Crippen LogP contribution in [0.1, 0.15) is 0 Å². The molecule has 90 valence electrons. The normalized spacial score (nSPS) is 12.2. The molecule has 1 aromatic carbocycles. The van der Waals surface area contributed by atoms with Crippen LogP contribution in [0.15, 0.2) is 24.3 Å². The Hall–Kier alpha value is -1.26. The van der Waals surface area contributed by atoms with Gasteiger partial charge in [0.15, 0.2) is 0 Å². The molecule has 16 heavy (non-hydrogen) atoms. The van der Waals surface area contributed by atoms with Gasteiger partial charge in [-0.15, -0.1) is 0 Å². The molecule has 0 aliphatic carbocycles. The van der Waals surface area contributed by atoms with Gasteiger partial charge >= 0.3 is 0 Å². The number of rotatable bonds is 6. The van der Waals surface area contributed by atoms with Crippen LogP contribution in [-0.2, 0) is 4.74 Å². The van der Waals surface area contributed by atoms with E-state index in [0.29, 0.717) is 6.61 Å². The first-order chi connectivity index (χ1) is 7.67. The van der Waals surface area contributed by atoms with Gasteiger partial charge in [-0.05, 0) is 24.3 Å². The summed E-state index contributed by atoms with van der Waals surface area (Å²) in [5.74, 6) is 0.860. The van der Waals surface area contributed by atoms with Crippen molar-refractivity contribution in [1.82, 2.24) is 0 Å². The first-order valence-corrected chi connectivity index (χ1v) is 5.27. The lowest BCUT2D eigenvalue weighted by atomic mass is 10.2. The van der Waals surface area contributed by atoms with E-state index in [2.05, 4.69) is 4.90 Å². The Balaban J connectivity index is 2.55. The fourth-order valence-electron chi connectivity index (χ4n) is 1.56. The third kappa shape index (κ3) is 3.72. The van der Waals surface area contributed by atoms with Gasteiger partial charge in [0.25, 0.3) is 0 Å². The Morgan fingerprint density at radius 2 is 1.88 bits per heavy atom. The van der Waals surface area contributed by atoms with Crippen LogP contribution in [0.25, 0.3) is 0 Å². The van der Waals surface area contributed by atoms with E-state index in [1.54, 1.807) is 14.2 Å². The fourth-order valence-corrected chi connectivity index (χ4v) is 1.56. The van der Waals surface area contributed by atoms with Crippen molar-refractivity contribution in [3.63, 3.8) is 0 Å². The van der Waals surface area contributed by atoms with E-state index in [9.17, 15) is 0 Å². The van der Waals surface area contributed by atoms with Crippen molar-refractivity contribution in [2.45, 2.75) is 6.04 Å². The molecule has 1 unspecified atom stereocenters. The summed E-state index contributed by atoms with van der Waals surface area (Å²) in [5, 5.41) is 0. The first-order valence-electron chi connectivity index (χ1n) is 5.27. The molecule has 4 heteroatoms. The highest BCUT2D eigenvalue weighted by Gasteiger charge is 2.07. The Labute approximate surface area is 96.9 Å². The van der Waals surface area contributed by atoms with Crippen molar-refractivity contribution in [2.75, 3.05) is 39.3 Å². The molecule has 0 aliphatic rings. The Morgan fingerprint density at radius 3 is 2.38 bits per heavy atom. The van der Waals surface area contributed by atoms with Gasteiger partial charge in [-0.2, -0.15) is 0 Å². The molecule has 1 atom stereocenters. The Bertz CT molecular complexity index is 300. The molecule has 0 fully saturated rings. The number of ether oxygens (including phenoxy) is 2. The molecule has 0 heterocycles. The van der Waals surface area contributed by atoms with E-state index in [1.807, 2.05) is 31.3 Å². The second-order valence-corrected chi connectivity index (χ2v) is 3.79. The highest BCUT2D eigenvalue weighted by atomic mass is 16.5. The highest BCUT2D eigenvalue weighted by Crippen LogP contribution is 2.17. The summed E-state index contributed by atoms with van der Waals surface area (Å²) in [6.45, 7) is 1.33. The van der Waals surface area contributed by atoms with Gasteiger partial charge in [-0.25, -0.2) is 0 Å². The molecule has 0 amide bonds. The summed E-state index contributed by atoms with van der Waals surface area (Å²) < 4.78 is 10.1. The number of hydrogen-bond acceptors (Lipinski definition) is 4. The summed E-state index contributed by atoms with van der Waals surface area (Å²) in [7, 11) is 5.33. The molecule has 0 aliphatic heterocycles. The fraction of sp³-hybridized carbons (Fsp3) is 0.500. The molecule has 0 spiro atoms. The summed E-state index contributed by atoms with van der Waals surface area (Å²) in [6.07, 6.45) is 0. The van der Waals surface area contributed by atoms with Crippen LogP contribution in [0.2, 0.25) is 0 Å². The van der Waals surface area contributed by atoms with Crippen molar-refractivity contribution >= 4 is 5.69 Å². The molecule has 1 aromatic rings. The minimum Gasteiger partial charge on any atom is -0.497 e. The third-order valence-corrected chi connectivity index (χ3v) is 2.40. The van der Waals surface area contributed by atoms with E-state index in [-0.39, 0.29) is 6.04 Å². The maximum atomic E-state index is 5.89. The number of benzene rings is 1. The monoisotopic (exact) mass is 224 g/mol. The second-order valence-electron chi connectivity index (χ2n) is 3.79. The van der Waals surface area contributed by atoms with Gasteiger partial charge in [-0.3, -0.25) is 0 Å². The van der Waals surface area contributed by atoms with E-state index in [1.165, 1.54) is 0 Å². The van der Waals surface area contributed by atoms with Crippen molar-refractivity contribution in [1.29, 1.82) is 0 Å². The average Bonchev–Trinajstić information content (AvgIpc) is 2.29. The maximum Gasteiger partial charge on any atom is 0.119 e. The molecular weight excluding hydrogens is 204 g/mol. The van der Waals surface area contributed by atoms with Crippen molar-refractivity contribution in [3.8, 4) is 5.75 Å². The molecule has 0 bridgehead atoms. The number of nitrogens with zero attached hydrogens (tertiary/aromatic N) is 1. The van der Waals surface area contributed by atoms with Crippen LogP contribution >= 0.6 is 0 Å². The lowest BCUT2D eigenvalue weighted by molar-refractivity contribution is 0.181. The van der Waals surface area contributed by atoms with Crippen LogP contribution in [0.3, 0.4) is 0 Å². The first kappa shape index (κ1) is 12.8. The van der Waals surface area contributed by atoms with Crippen molar-refractivity contribution < 1.29 is 9.47 Å². The summed E-state index contributed by atoms with van der Waals surface area (Å²) in [5.41, 5.74) is 7.01. The third-order valence-electron chi connectivity index (χ3n) is 2.40. The zero-order chi connectivity index (χ0) is 12.0. The van der Waals surface area contributed by atoms with Gasteiger partial charge in [-0.1, -0.05) is 0 Å². The van der Waals surface area contributed by atoms with Crippen molar-refractivity contribution in [2.24, 2.45) is 5.73 Å². The molecular formula is C12H20N2O2. The predicted molar refractivity (Wildman–Crippen MR) is 66.1 cm³/mol. The minimum atomic E-state index is 0.0251. The lowest BCUT2D eigenvalue weighted by Gasteiger charge is -2.23. The van der Waals surface area contributed by atoms with Gasteiger partial charge in [0.2, 0.25) is 0 Å². The van der Waals surface area contributed by atoms with Crippen LogP contribution in [0.4, 0.5) is 5.69 Å². The molecule has 4 nitrogen and oxygen atoms in total. The molecule has 1 rings (SSSR count). The van der Waals surface area contributed by atoms with Crippen molar-refractivity contribution in [3.05, 3.63) is 24.3 Å². The van der Waals surface area contributed by atoms with Crippen LogP contribution in [0, 0.1) is 0 Å². The quantitative estimate of drug-likeness (QED) is 0.786. The average molecular weight is 224 g/mol. The molecule has 0 saturated heterocycles. The van der Waals surface area contributed by atoms with E-state index < -0.39 is 0 Å². The zero-order valence-corrected chi connectivity index (χ0v) is 10.1. The van der Waals surface area contributed by atoms with E-state index in [4.69, 9.17) is 15.2 Å². The van der Waals surface area contributed by atoms with E-state index in [0.717, 1.165) is 18.0 Å². The molecule has 2 N–H and O–H groups in total. The highest BCUT2D eigenvalue weighted by molar-refractivity contribution is 5.48. The smallest absolute Gasteiger partial charge is 0.119 e. The topological polar surface area (TPSA) is 47.7 Å². The standard InChI is InChI=1S/C12H20N2O2/c1-14(8-10(13)9-15-2)11-4-6-12(16-3)7-5-11/h4-7,10H,8-9,13H2,1-3H3. The zero-order valence-electron chi connectivity index (χ0n) is 10.1. The number of nitrogens with two attached hydrogens (primary N) is 1. The molecule has 0 saturated carbocycles. The number of likely N-dealkylation sites (N-methyl/N-ethyl adjacent to an activating group) is 1. The summed E-state index contributed by atoms with van der Waals surface area (Å²) in [4.78, 5) is 2.10. The maximum absolute atomic E-state index is 5.89. The Morgan fingerprint density at radius 1 is 1.25 bits per heavy atom. The van der Waals surface area contributed by atoms with Crippen LogP contribution in [-0.4, -0.2) is 40.5 Å². The number of hydrogen-bond donors (Lipinski definition) is 1. The number of anilines is 1. The second kappa shape index (κ2) is 6.35. The predicted octanol–water partition coefficient (Wildman–Crippen LogP) is 1.11. The van der Waals surface area contributed by atoms with Gasteiger partial charge in [0.05, 0.1) is 13.7 Å². The summed E-state index contributed by atoms with van der Waals surface area (Å²) in [6, 6.07) is 7.93. The minimum absolute atomic E-state index is 0.0251. The largest absolute Gasteiger partial charge is 0.497 e. The Kier molecular flexibility index (Phi) is 5.08. The SMILES string of the molecule is COCC(N)CN(C)c1ccc(OC)cc1.